The third-order valence-electron chi connectivity index (χ3n) is 5.29. The molecule has 0 saturated heterocycles. The molecule has 1 atom stereocenters. The van der Waals surface area contributed by atoms with Crippen LogP contribution in [0.3, 0.4) is 0 Å². The van der Waals surface area contributed by atoms with Gasteiger partial charge in [-0.25, -0.2) is 0 Å². The summed E-state index contributed by atoms with van der Waals surface area (Å²) in [6.07, 6.45) is 5.79. The van der Waals surface area contributed by atoms with Gasteiger partial charge >= 0.3 is 0 Å². The molecule has 4 rings (SSSR count). The second-order valence-electron chi connectivity index (χ2n) is 7.35. The first kappa shape index (κ1) is 17.9. The molecule has 1 fully saturated rings. The number of aromatic nitrogens is 1. The second-order valence-corrected chi connectivity index (χ2v) is 8.70. The lowest BCUT2D eigenvalue weighted by Crippen LogP contribution is -2.11. The first-order valence-corrected chi connectivity index (χ1v) is 10.5. The van der Waals surface area contributed by atoms with Gasteiger partial charge < -0.3 is 4.52 Å². The van der Waals surface area contributed by atoms with Crippen molar-refractivity contribution < 1.29 is 13.5 Å². The van der Waals surface area contributed by atoms with E-state index in [9.17, 15) is 9.00 Å². The van der Waals surface area contributed by atoms with E-state index in [4.69, 9.17) is 4.52 Å². The highest BCUT2D eigenvalue weighted by molar-refractivity contribution is 7.84. The van der Waals surface area contributed by atoms with E-state index in [-0.39, 0.29) is 11.2 Å². The lowest BCUT2D eigenvalue weighted by atomic mass is 9.92. The van der Waals surface area contributed by atoms with E-state index in [1.165, 1.54) is 6.20 Å². The Kier molecular flexibility index (Phi) is 4.56. The molecule has 5 heteroatoms. The van der Waals surface area contributed by atoms with Crippen molar-refractivity contribution in [3.05, 3.63) is 82.7 Å². The lowest BCUT2D eigenvalue weighted by Gasteiger charge is -2.12. The zero-order valence-electron chi connectivity index (χ0n) is 15.4. The van der Waals surface area contributed by atoms with E-state index in [1.807, 2.05) is 48.5 Å². The average molecular weight is 379 g/mol. The molecule has 27 heavy (non-hydrogen) atoms. The molecule has 0 amide bonds. The van der Waals surface area contributed by atoms with Crippen molar-refractivity contribution in [2.45, 2.75) is 36.5 Å². The van der Waals surface area contributed by atoms with Gasteiger partial charge in [0.15, 0.2) is 11.5 Å². The van der Waals surface area contributed by atoms with Crippen LogP contribution in [0, 0.1) is 0 Å². The molecule has 2 aromatic carbocycles. The molecule has 1 aliphatic rings. The summed E-state index contributed by atoms with van der Waals surface area (Å²) in [5.74, 6) is 0.627. The van der Waals surface area contributed by atoms with E-state index in [2.05, 4.69) is 12.1 Å². The lowest BCUT2D eigenvalue weighted by molar-refractivity contribution is 0.103. The van der Waals surface area contributed by atoms with E-state index < -0.39 is 10.8 Å². The highest BCUT2D eigenvalue weighted by atomic mass is 32.2. The van der Waals surface area contributed by atoms with Crippen LogP contribution in [0.15, 0.2) is 64.1 Å². The molecule has 0 N–H and O–H groups in total. The highest BCUT2D eigenvalue weighted by Gasteiger charge is 2.45. The number of carbonyl (C=O) groups is 1. The van der Waals surface area contributed by atoms with Crippen LogP contribution >= 0.6 is 0 Å². The fourth-order valence-electron chi connectivity index (χ4n) is 3.43. The Morgan fingerprint density at radius 3 is 2.44 bits per heavy atom. The summed E-state index contributed by atoms with van der Waals surface area (Å²) in [4.78, 5) is 14.1. The Labute approximate surface area is 161 Å². The SMILES string of the molecule is CS(=O)c1ccccc1Cc1ccccc1C(=O)c1cnoc1C1(C)CC1. The zero-order chi connectivity index (χ0) is 19.0. The summed E-state index contributed by atoms with van der Waals surface area (Å²) in [7, 11) is -1.08. The Morgan fingerprint density at radius 2 is 1.74 bits per heavy atom. The van der Waals surface area contributed by atoms with Gasteiger partial charge in [-0.3, -0.25) is 9.00 Å². The number of nitrogens with zero attached hydrogens (tertiary/aromatic N) is 1. The van der Waals surface area contributed by atoms with Gasteiger partial charge in [-0.1, -0.05) is 54.5 Å². The first-order valence-electron chi connectivity index (χ1n) is 8.99. The predicted octanol–water partition coefficient (Wildman–Crippen LogP) is 4.29. The van der Waals surface area contributed by atoms with Gasteiger partial charge in [0.25, 0.3) is 0 Å². The van der Waals surface area contributed by atoms with Crippen LogP contribution < -0.4 is 0 Å². The van der Waals surface area contributed by atoms with E-state index in [0.29, 0.717) is 23.3 Å². The van der Waals surface area contributed by atoms with Gasteiger partial charge in [-0.15, -0.1) is 0 Å². The molecule has 3 aromatic rings. The number of ketones is 1. The van der Waals surface area contributed by atoms with Gasteiger partial charge in [0, 0.05) is 22.1 Å². The Hall–Kier alpha value is -2.53. The molecule has 1 unspecified atom stereocenters. The van der Waals surface area contributed by atoms with Crippen molar-refractivity contribution in [2.75, 3.05) is 6.26 Å². The van der Waals surface area contributed by atoms with Crippen molar-refractivity contribution >= 4 is 16.6 Å². The number of hydrogen-bond acceptors (Lipinski definition) is 4. The van der Waals surface area contributed by atoms with E-state index >= 15 is 0 Å². The maximum absolute atomic E-state index is 13.3. The first-order chi connectivity index (χ1) is 13.0. The summed E-state index contributed by atoms with van der Waals surface area (Å²) < 4.78 is 17.5. The van der Waals surface area contributed by atoms with Crippen molar-refractivity contribution in [1.82, 2.24) is 5.16 Å². The second kappa shape index (κ2) is 6.89. The van der Waals surface area contributed by atoms with Crippen molar-refractivity contribution in [3.63, 3.8) is 0 Å². The van der Waals surface area contributed by atoms with Crippen LogP contribution in [-0.4, -0.2) is 21.4 Å². The molecule has 1 aliphatic carbocycles. The fraction of sp³-hybridized carbons (Fsp3) is 0.273. The smallest absolute Gasteiger partial charge is 0.198 e. The minimum absolute atomic E-state index is 0.0647. The summed E-state index contributed by atoms with van der Waals surface area (Å²) in [6, 6.07) is 15.2. The molecule has 0 aliphatic heterocycles. The van der Waals surface area contributed by atoms with Gasteiger partial charge in [0.05, 0.1) is 22.6 Å². The normalized spacial score (nSPS) is 16.1. The molecule has 1 heterocycles. The molecule has 1 saturated carbocycles. The molecular weight excluding hydrogens is 358 g/mol. The predicted molar refractivity (Wildman–Crippen MR) is 105 cm³/mol. The summed E-state index contributed by atoms with van der Waals surface area (Å²) in [6.45, 7) is 2.10. The summed E-state index contributed by atoms with van der Waals surface area (Å²) in [5.41, 5.74) is 3.01. The van der Waals surface area contributed by atoms with Gasteiger partial charge in [0.1, 0.15) is 0 Å². The minimum atomic E-state index is -1.08. The van der Waals surface area contributed by atoms with Crippen molar-refractivity contribution in [3.8, 4) is 0 Å². The standard InChI is InChI=1S/C22H21NO3S/c1-22(11-12-22)21-18(14-23-26-21)20(24)17-9-5-3-7-15(17)13-16-8-4-6-10-19(16)27(2)25/h3-10,14H,11-13H2,1-2H3. The van der Waals surface area contributed by atoms with Crippen molar-refractivity contribution in [1.29, 1.82) is 0 Å². The van der Waals surface area contributed by atoms with Gasteiger partial charge in [-0.2, -0.15) is 0 Å². The maximum atomic E-state index is 13.3. The van der Waals surface area contributed by atoms with Gasteiger partial charge in [0.2, 0.25) is 0 Å². The van der Waals surface area contributed by atoms with Crippen LogP contribution in [0.25, 0.3) is 0 Å². The van der Waals surface area contributed by atoms with Crippen molar-refractivity contribution in [2.24, 2.45) is 0 Å². The molecule has 0 spiro atoms. The largest absolute Gasteiger partial charge is 0.360 e. The van der Waals surface area contributed by atoms with E-state index in [0.717, 1.165) is 28.9 Å². The van der Waals surface area contributed by atoms with Gasteiger partial charge in [-0.05, 0) is 36.5 Å². The summed E-state index contributed by atoms with van der Waals surface area (Å²) >= 11 is 0. The zero-order valence-corrected chi connectivity index (χ0v) is 16.2. The fourth-order valence-corrected chi connectivity index (χ4v) is 4.21. The molecule has 4 nitrogen and oxygen atoms in total. The minimum Gasteiger partial charge on any atom is -0.360 e. The van der Waals surface area contributed by atoms with Crippen LogP contribution in [0.2, 0.25) is 0 Å². The van der Waals surface area contributed by atoms with Crippen LogP contribution in [-0.2, 0) is 22.6 Å². The highest BCUT2D eigenvalue weighted by Crippen LogP contribution is 2.49. The summed E-state index contributed by atoms with van der Waals surface area (Å²) in [5, 5.41) is 3.89. The topological polar surface area (TPSA) is 60.2 Å². The van der Waals surface area contributed by atoms with Crippen LogP contribution in [0.4, 0.5) is 0 Å². The Balaban J connectivity index is 1.72. The molecule has 0 radical (unpaired) electrons. The number of hydrogen-bond donors (Lipinski definition) is 0. The Bertz CT molecular complexity index is 1030. The average Bonchev–Trinajstić information content (AvgIpc) is 3.21. The third-order valence-corrected chi connectivity index (χ3v) is 6.31. The Morgan fingerprint density at radius 1 is 1.07 bits per heavy atom. The molecular formula is C22H21NO3S. The third kappa shape index (κ3) is 3.39. The van der Waals surface area contributed by atoms with E-state index in [1.54, 1.807) is 6.26 Å². The number of carbonyl (C=O) groups excluding carboxylic acids is 1. The van der Waals surface area contributed by atoms with Crippen LogP contribution in [0.5, 0.6) is 0 Å². The van der Waals surface area contributed by atoms with Crippen LogP contribution in [0.1, 0.15) is 52.6 Å². The molecule has 138 valence electrons. The molecule has 1 aromatic heterocycles. The quantitative estimate of drug-likeness (QED) is 0.600. The maximum Gasteiger partial charge on any atom is 0.198 e. The number of benzene rings is 2. The molecule has 0 bridgehead atoms. The number of rotatable bonds is 6. The monoisotopic (exact) mass is 379 g/mol.